The van der Waals surface area contributed by atoms with E-state index in [1.54, 1.807) is 29.0 Å². The van der Waals surface area contributed by atoms with Gasteiger partial charge in [-0.15, -0.1) is 0 Å². The van der Waals surface area contributed by atoms with Gasteiger partial charge in [0.2, 0.25) is 5.91 Å². The van der Waals surface area contributed by atoms with Crippen LogP contribution in [0.2, 0.25) is 0 Å². The molecule has 2 N–H and O–H groups in total. The van der Waals surface area contributed by atoms with Crippen LogP contribution in [0.5, 0.6) is 0 Å². The number of hydrogen-bond donors (Lipinski definition) is 2. The van der Waals surface area contributed by atoms with Crippen LogP contribution >= 0.6 is 0 Å². The number of hydrogen-bond acceptors (Lipinski definition) is 3. The van der Waals surface area contributed by atoms with Crippen molar-refractivity contribution < 1.29 is 18.4 Å². The number of nitrogens with zero attached hydrogens (tertiary/aromatic N) is 2. The molecule has 0 unspecified atom stereocenters. The zero-order chi connectivity index (χ0) is 18.7. The average Bonchev–Trinajstić information content (AvgIpc) is 3.04. The summed E-state index contributed by atoms with van der Waals surface area (Å²) in [4.78, 5) is 27.2. The Kier molecular flexibility index (Phi) is 4.66. The Hall–Kier alpha value is -3.29. The number of anilines is 1. The molecule has 0 spiro atoms. The molecule has 3 aromatic rings. The van der Waals surface area contributed by atoms with Gasteiger partial charge in [0, 0.05) is 25.1 Å². The summed E-state index contributed by atoms with van der Waals surface area (Å²) < 4.78 is 30.2. The van der Waals surface area contributed by atoms with Gasteiger partial charge in [-0.1, -0.05) is 12.1 Å². The maximum atomic E-state index is 14.3. The Morgan fingerprint density at radius 2 is 2.00 bits per heavy atom. The van der Waals surface area contributed by atoms with Crippen LogP contribution in [0.1, 0.15) is 5.69 Å². The predicted molar refractivity (Wildman–Crippen MR) is 92.8 cm³/mol. The number of carbonyl (C=O) groups is 2. The van der Waals surface area contributed by atoms with Crippen LogP contribution in [0, 0.1) is 0 Å². The summed E-state index contributed by atoms with van der Waals surface area (Å²) in [5.74, 6) is -5.43. The van der Waals surface area contributed by atoms with Crippen molar-refractivity contribution in [2.75, 3.05) is 12.4 Å². The third-order valence-electron chi connectivity index (χ3n) is 3.90. The Morgan fingerprint density at radius 1 is 1.19 bits per heavy atom. The summed E-state index contributed by atoms with van der Waals surface area (Å²) in [6.07, 6.45) is 2.92. The fourth-order valence-corrected chi connectivity index (χ4v) is 2.51. The summed E-state index contributed by atoms with van der Waals surface area (Å²) in [6.45, 7) is 0.0848. The molecule has 0 radical (unpaired) electrons. The highest BCUT2D eigenvalue weighted by molar-refractivity contribution is 5.98. The van der Waals surface area contributed by atoms with Crippen molar-refractivity contribution in [1.29, 1.82) is 0 Å². The fraction of sp³-hybridized carbons (Fsp3) is 0.167. The van der Waals surface area contributed by atoms with Crippen LogP contribution in [-0.4, -0.2) is 28.4 Å². The van der Waals surface area contributed by atoms with Crippen molar-refractivity contribution in [3.8, 4) is 0 Å². The number of alkyl halides is 2. The SMILES string of the molecule is CNC(=O)Cn1ccc2ccc(NC(=O)C(F)(F)c3ccccn3)cc21. The van der Waals surface area contributed by atoms with Gasteiger partial charge in [-0.25, -0.2) is 0 Å². The highest BCUT2D eigenvalue weighted by Crippen LogP contribution is 2.28. The lowest BCUT2D eigenvalue weighted by Crippen LogP contribution is -2.33. The minimum absolute atomic E-state index is 0.0848. The molecule has 2 amide bonds. The first kappa shape index (κ1) is 17.5. The van der Waals surface area contributed by atoms with Crippen LogP contribution in [0.15, 0.2) is 54.9 Å². The lowest BCUT2D eigenvalue weighted by atomic mass is 10.2. The van der Waals surface area contributed by atoms with Crippen molar-refractivity contribution in [3.63, 3.8) is 0 Å². The molecule has 0 saturated carbocycles. The van der Waals surface area contributed by atoms with Crippen molar-refractivity contribution in [2.24, 2.45) is 0 Å². The van der Waals surface area contributed by atoms with E-state index in [9.17, 15) is 18.4 Å². The van der Waals surface area contributed by atoms with E-state index in [4.69, 9.17) is 0 Å². The van der Waals surface area contributed by atoms with Crippen molar-refractivity contribution in [3.05, 3.63) is 60.6 Å². The highest BCUT2D eigenvalue weighted by atomic mass is 19.3. The monoisotopic (exact) mass is 358 g/mol. The van der Waals surface area contributed by atoms with E-state index in [0.717, 1.165) is 11.5 Å². The second-order valence-electron chi connectivity index (χ2n) is 5.63. The fourth-order valence-electron chi connectivity index (χ4n) is 2.51. The molecule has 1 aromatic carbocycles. The number of nitrogens with one attached hydrogen (secondary N) is 2. The number of likely N-dealkylation sites (N-methyl/N-ethyl adjacent to an activating group) is 1. The number of amides is 2. The molecule has 0 atom stereocenters. The predicted octanol–water partition coefficient (Wildman–Crippen LogP) is 2.51. The van der Waals surface area contributed by atoms with E-state index >= 15 is 0 Å². The molecule has 26 heavy (non-hydrogen) atoms. The lowest BCUT2D eigenvalue weighted by molar-refractivity contribution is -0.141. The van der Waals surface area contributed by atoms with Gasteiger partial charge >= 0.3 is 11.8 Å². The van der Waals surface area contributed by atoms with Gasteiger partial charge in [-0.2, -0.15) is 8.78 Å². The normalized spacial score (nSPS) is 11.3. The Balaban J connectivity index is 1.85. The van der Waals surface area contributed by atoms with Crippen LogP contribution in [-0.2, 0) is 22.1 Å². The molecule has 134 valence electrons. The molecule has 2 aromatic heterocycles. The molecule has 0 fully saturated rings. The number of carbonyl (C=O) groups excluding carboxylic acids is 2. The Morgan fingerprint density at radius 3 is 2.69 bits per heavy atom. The zero-order valence-electron chi connectivity index (χ0n) is 13.9. The first-order valence-corrected chi connectivity index (χ1v) is 7.82. The largest absolute Gasteiger partial charge is 0.366 e. The summed E-state index contributed by atoms with van der Waals surface area (Å²) in [5.41, 5.74) is 0.226. The molecule has 2 heterocycles. The molecular weight excluding hydrogens is 342 g/mol. The van der Waals surface area contributed by atoms with Crippen molar-refractivity contribution in [2.45, 2.75) is 12.5 Å². The maximum Gasteiger partial charge on any atom is 0.366 e. The Bertz CT molecular complexity index is 954. The van der Waals surface area contributed by atoms with Crippen LogP contribution in [0.4, 0.5) is 14.5 Å². The smallest absolute Gasteiger partial charge is 0.358 e. The second kappa shape index (κ2) is 6.91. The van der Waals surface area contributed by atoms with Gasteiger partial charge in [0.1, 0.15) is 12.2 Å². The summed E-state index contributed by atoms with van der Waals surface area (Å²) in [7, 11) is 1.53. The summed E-state index contributed by atoms with van der Waals surface area (Å²) in [5, 5.41) is 5.55. The van der Waals surface area contributed by atoms with Crippen LogP contribution in [0.25, 0.3) is 10.9 Å². The maximum absolute atomic E-state index is 14.3. The van der Waals surface area contributed by atoms with Gasteiger partial charge in [0.05, 0.1) is 5.52 Å². The molecule has 0 aliphatic heterocycles. The molecule has 0 aliphatic rings. The topological polar surface area (TPSA) is 76.0 Å². The van der Waals surface area contributed by atoms with Gasteiger partial charge in [0.25, 0.3) is 0 Å². The van der Waals surface area contributed by atoms with Crippen molar-refractivity contribution >= 4 is 28.4 Å². The number of pyridine rings is 1. The average molecular weight is 358 g/mol. The van der Waals surface area contributed by atoms with Gasteiger partial charge < -0.3 is 15.2 Å². The molecule has 0 bridgehead atoms. The summed E-state index contributed by atoms with van der Waals surface area (Å²) >= 11 is 0. The van der Waals surface area contributed by atoms with Gasteiger partial charge in [-0.05, 0) is 35.7 Å². The highest BCUT2D eigenvalue weighted by Gasteiger charge is 2.42. The standard InChI is InChI=1S/C18H16F2N4O2/c1-21-16(25)11-24-9-7-12-5-6-13(10-14(12)24)23-17(26)18(19,20)15-4-2-3-8-22-15/h2-10H,11H2,1H3,(H,21,25)(H,23,26). The zero-order valence-corrected chi connectivity index (χ0v) is 13.9. The van der Waals surface area contributed by atoms with E-state index in [1.165, 1.54) is 31.4 Å². The molecule has 8 heteroatoms. The van der Waals surface area contributed by atoms with E-state index < -0.39 is 17.5 Å². The molecule has 6 nitrogen and oxygen atoms in total. The molecule has 0 aliphatic carbocycles. The number of aromatic nitrogens is 2. The van der Waals surface area contributed by atoms with E-state index in [0.29, 0.717) is 5.52 Å². The van der Waals surface area contributed by atoms with Crippen LogP contribution < -0.4 is 10.6 Å². The minimum Gasteiger partial charge on any atom is -0.358 e. The number of halogens is 2. The number of benzene rings is 1. The van der Waals surface area contributed by atoms with Crippen LogP contribution in [0.3, 0.4) is 0 Å². The third-order valence-corrected chi connectivity index (χ3v) is 3.90. The molecule has 0 saturated heterocycles. The van der Waals surface area contributed by atoms with Crippen molar-refractivity contribution in [1.82, 2.24) is 14.9 Å². The molecular formula is C18H16F2N4O2. The van der Waals surface area contributed by atoms with Gasteiger partial charge in [-0.3, -0.25) is 14.6 Å². The minimum atomic E-state index is -3.76. The van der Waals surface area contributed by atoms with E-state index in [2.05, 4.69) is 15.6 Å². The first-order valence-electron chi connectivity index (χ1n) is 7.82. The summed E-state index contributed by atoms with van der Waals surface area (Å²) in [6, 6.07) is 10.5. The molecule has 3 rings (SSSR count). The van der Waals surface area contributed by atoms with E-state index in [-0.39, 0.29) is 18.1 Å². The first-order chi connectivity index (χ1) is 12.4. The van der Waals surface area contributed by atoms with E-state index in [1.807, 2.05) is 0 Å². The Labute approximate surface area is 147 Å². The second-order valence-corrected chi connectivity index (χ2v) is 5.63. The quantitative estimate of drug-likeness (QED) is 0.736. The third kappa shape index (κ3) is 3.39. The number of fused-ring (bicyclic) bond motifs is 1. The lowest BCUT2D eigenvalue weighted by Gasteiger charge is -2.15. The number of rotatable bonds is 5. The van der Waals surface area contributed by atoms with Gasteiger partial charge in [0.15, 0.2) is 0 Å².